The van der Waals surface area contributed by atoms with Crippen LogP contribution in [0.3, 0.4) is 0 Å². The van der Waals surface area contributed by atoms with E-state index in [0.29, 0.717) is 6.42 Å². The van der Waals surface area contributed by atoms with E-state index in [4.69, 9.17) is 21.2 Å². The molecule has 6 rings (SSSR count). The fourth-order valence-electron chi connectivity index (χ4n) is 6.37. The topological polar surface area (TPSA) is 71.4 Å². The van der Waals surface area contributed by atoms with Crippen molar-refractivity contribution in [2.45, 2.75) is 50.4 Å². The number of rotatable bonds is 7. The first-order valence-corrected chi connectivity index (χ1v) is 14.9. The molecule has 10 heteroatoms. The molecule has 3 aromatic carbocycles. The fourth-order valence-corrected chi connectivity index (χ4v) is 6.54. The number of piperidine rings is 1. The Balaban J connectivity index is 1.30. The van der Waals surface area contributed by atoms with Crippen molar-refractivity contribution in [2.24, 2.45) is 5.16 Å². The number of Topliss-reactive ketones (excluding diaryl/α,β-unsaturated/α-hetero) is 1. The highest BCUT2D eigenvalue weighted by atomic mass is 35.5. The summed E-state index contributed by atoms with van der Waals surface area (Å²) in [5.41, 5.74) is 3.49. The van der Waals surface area contributed by atoms with E-state index in [2.05, 4.69) is 16.1 Å². The average Bonchev–Trinajstić information content (AvgIpc) is 3.52. The van der Waals surface area contributed by atoms with Crippen molar-refractivity contribution in [3.05, 3.63) is 99.6 Å². The lowest BCUT2D eigenvalue weighted by Crippen LogP contribution is -2.48. The fraction of sp³-hybridized carbons (Fsp3) is 0.364. The Kier molecular flexibility index (Phi) is 8.45. The van der Waals surface area contributed by atoms with Gasteiger partial charge in [-0.25, -0.2) is 8.78 Å². The Labute approximate surface area is 254 Å². The van der Waals surface area contributed by atoms with Crippen LogP contribution < -0.4 is 4.90 Å². The second-order valence-electron chi connectivity index (χ2n) is 11.1. The quantitative estimate of drug-likeness (QED) is 0.346. The molecule has 0 radical (unpaired) electrons. The third-order valence-electron chi connectivity index (χ3n) is 8.63. The summed E-state index contributed by atoms with van der Waals surface area (Å²) in [4.78, 5) is 37.4. The van der Waals surface area contributed by atoms with Crippen LogP contribution in [0.2, 0.25) is 5.02 Å². The van der Waals surface area contributed by atoms with E-state index in [1.54, 1.807) is 31.4 Å². The summed E-state index contributed by atoms with van der Waals surface area (Å²) < 4.78 is 34.9. The van der Waals surface area contributed by atoms with Crippen LogP contribution in [0.1, 0.15) is 47.6 Å². The monoisotopic (exact) mass is 607 g/mol. The first-order valence-electron chi connectivity index (χ1n) is 14.5. The SMILES string of the molecule is COC1CCN(c2cccc3c2CCN(C(=O)[C@H]2CC(c4cccc(Cl)c4F)=NO2)[C@@H]3C(=O)Cc2ccccc2F)CC1. The first-order chi connectivity index (χ1) is 20.9. The summed E-state index contributed by atoms with van der Waals surface area (Å²) in [7, 11) is 1.73. The van der Waals surface area contributed by atoms with Gasteiger partial charge in [0.2, 0.25) is 6.10 Å². The van der Waals surface area contributed by atoms with Gasteiger partial charge in [-0.05, 0) is 60.2 Å². The molecule has 0 bridgehead atoms. The molecule has 43 heavy (non-hydrogen) atoms. The normalized spacial score (nSPS) is 20.4. The highest BCUT2D eigenvalue weighted by Gasteiger charge is 2.42. The number of amides is 1. The van der Waals surface area contributed by atoms with Gasteiger partial charge >= 0.3 is 0 Å². The van der Waals surface area contributed by atoms with E-state index in [0.717, 1.165) is 42.7 Å². The number of fused-ring (bicyclic) bond motifs is 1. The average molecular weight is 608 g/mol. The molecule has 0 aromatic heterocycles. The van der Waals surface area contributed by atoms with E-state index in [1.165, 1.54) is 23.1 Å². The Bertz CT molecular complexity index is 1570. The number of nitrogens with zero attached hydrogens (tertiary/aromatic N) is 3. The largest absolute Gasteiger partial charge is 0.382 e. The van der Waals surface area contributed by atoms with Crippen LogP contribution in [0, 0.1) is 11.6 Å². The van der Waals surface area contributed by atoms with Crippen molar-refractivity contribution >= 4 is 34.7 Å². The molecular formula is C33H32ClF2N3O4. The molecule has 3 aliphatic heterocycles. The van der Waals surface area contributed by atoms with Crippen LogP contribution in [0.5, 0.6) is 0 Å². The summed E-state index contributed by atoms with van der Waals surface area (Å²) in [6, 6.07) is 15.6. The zero-order chi connectivity index (χ0) is 30.1. The van der Waals surface area contributed by atoms with Crippen LogP contribution in [-0.4, -0.2) is 61.3 Å². The minimum atomic E-state index is -1.03. The number of hydrogen-bond donors (Lipinski definition) is 0. The van der Waals surface area contributed by atoms with Crippen molar-refractivity contribution in [3.8, 4) is 0 Å². The van der Waals surface area contributed by atoms with Gasteiger partial charge in [0.1, 0.15) is 11.9 Å². The van der Waals surface area contributed by atoms with Crippen LogP contribution >= 0.6 is 11.6 Å². The van der Waals surface area contributed by atoms with E-state index >= 15 is 0 Å². The number of hydrogen-bond acceptors (Lipinski definition) is 6. The van der Waals surface area contributed by atoms with Gasteiger partial charge in [0.05, 0.1) is 16.8 Å². The number of oxime groups is 1. The van der Waals surface area contributed by atoms with Gasteiger partial charge < -0.3 is 19.4 Å². The van der Waals surface area contributed by atoms with Crippen LogP contribution in [0.15, 0.2) is 65.8 Å². The third-order valence-corrected chi connectivity index (χ3v) is 8.92. The van der Waals surface area contributed by atoms with Crippen molar-refractivity contribution in [3.63, 3.8) is 0 Å². The van der Waals surface area contributed by atoms with Gasteiger partial charge in [0.25, 0.3) is 5.91 Å². The Hall–Kier alpha value is -3.82. The van der Waals surface area contributed by atoms with Crippen molar-refractivity contribution in [1.82, 2.24) is 4.90 Å². The molecule has 3 aliphatic rings. The molecule has 0 unspecified atom stereocenters. The van der Waals surface area contributed by atoms with E-state index in [-0.39, 0.29) is 53.1 Å². The van der Waals surface area contributed by atoms with Crippen LogP contribution in [0.25, 0.3) is 0 Å². The molecule has 1 amide bonds. The molecule has 0 aliphatic carbocycles. The van der Waals surface area contributed by atoms with Gasteiger partial charge in [0, 0.05) is 50.8 Å². The molecule has 3 aromatic rings. The molecule has 0 saturated carbocycles. The second-order valence-corrected chi connectivity index (χ2v) is 11.5. The lowest BCUT2D eigenvalue weighted by molar-refractivity contribution is -0.149. The highest BCUT2D eigenvalue weighted by Crippen LogP contribution is 2.39. The third kappa shape index (κ3) is 5.76. The minimum Gasteiger partial charge on any atom is -0.382 e. The van der Waals surface area contributed by atoms with E-state index in [1.807, 2.05) is 12.1 Å². The molecule has 1 fully saturated rings. The lowest BCUT2D eigenvalue weighted by Gasteiger charge is -2.40. The molecular weight excluding hydrogens is 576 g/mol. The highest BCUT2D eigenvalue weighted by molar-refractivity contribution is 6.31. The number of ether oxygens (including phenoxy) is 1. The maximum Gasteiger partial charge on any atom is 0.267 e. The summed E-state index contributed by atoms with van der Waals surface area (Å²) in [6.45, 7) is 1.91. The van der Waals surface area contributed by atoms with Crippen molar-refractivity contribution in [2.75, 3.05) is 31.6 Å². The molecule has 0 N–H and O–H groups in total. The van der Waals surface area contributed by atoms with Crippen LogP contribution in [-0.2, 0) is 32.0 Å². The first kappa shape index (κ1) is 29.3. The second kappa shape index (κ2) is 12.4. The van der Waals surface area contributed by atoms with Gasteiger partial charge in [-0.15, -0.1) is 0 Å². The Morgan fingerprint density at radius 3 is 2.56 bits per heavy atom. The summed E-state index contributed by atoms with van der Waals surface area (Å²) in [6.07, 6.45) is 1.37. The minimum absolute atomic E-state index is 0.0299. The number of benzene rings is 3. The summed E-state index contributed by atoms with van der Waals surface area (Å²) >= 11 is 5.96. The smallest absolute Gasteiger partial charge is 0.267 e. The summed E-state index contributed by atoms with van der Waals surface area (Å²) in [5.74, 6) is -1.83. The zero-order valence-electron chi connectivity index (χ0n) is 23.8. The maximum atomic E-state index is 14.7. The molecule has 3 heterocycles. The van der Waals surface area contributed by atoms with Crippen molar-refractivity contribution in [1.29, 1.82) is 0 Å². The van der Waals surface area contributed by atoms with Gasteiger partial charge in [-0.2, -0.15) is 0 Å². The summed E-state index contributed by atoms with van der Waals surface area (Å²) in [5, 5.41) is 3.95. The molecule has 7 nitrogen and oxygen atoms in total. The van der Waals surface area contributed by atoms with Crippen LogP contribution in [0.4, 0.5) is 14.5 Å². The van der Waals surface area contributed by atoms with E-state index in [9.17, 15) is 18.4 Å². The van der Waals surface area contributed by atoms with Gasteiger partial charge in [-0.1, -0.05) is 53.2 Å². The number of halogens is 3. The molecule has 0 spiro atoms. The Morgan fingerprint density at radius 1 is 1.02 bits per heavy atom. The zero-order valence-corrected chi connectivity index (χ0v) is 24.5. The molecule has 224 valence electrons. The molecule has 1 saturated heterocycles. The lowest BCUT2D eigenvalue weighted by atomic mass is 9.86. The van der Waals surface area contributed by atoms with Crippen molar-refractivity contribution < 1.29 is 27.9 Å². The predicted octanol–water partition coefficient (Wildman–Crippen LogP) is 5.66. The van der Waals surface area contributed by atoms with E-state index < -0.39 is 29.7 Å². The number of ketones is 1. The number of carbonyl (C=O) groups is 2. The Morgan fingerprint density at radius 2 is 1.79 bits per heavy atom. The number of carbonyl (C=O) groups excluding carboxylic acids is 2. The van der Waals surface area contributed by atoms with Gasteiger partial charge in [-0.3, -0.25) is 9.59 Å². The maximum absolute atomic E-state index is 14.7. The number of anilines is 1. The molecule has 2 atom stereocenters. The predicted molar refractivity (Wildman–Crippen MR) is 159 cm³/mol. The standard InChI is InChI=1S/C33H32ClF2N3O4/c1-42-21-12-15-38(16-13-21)28-11-5-7-23-22(28)14-17-39(32(23)29(40)18-20-6-2-3-10-26(20)35)33(41)30-19-27(37-43-30)24-8-4-9-25(34)31(24)36/h2-11,21,30,32H,12-19H2,1H3/t30-,32+/m1/s1. The number of methoxy groups -OCH3 is 1. The van der Waals surface area contributed by atoms with Gasteiger partial charge in [0.15, 0.2) is 11.6 Å².